The number of anilines is 1. The van der Waals surface area contributed by atoms with Gasteiger partial charge in [0, 0.05) is 18.8 Å². The first kappa shape index (κ1) is 15.4. The van der Waals surface area contributed by atoms with E-state index < -0.39 is 17.5 Å². The number of aryl methyl sites for hydroxylation is 1. The van der Waals surface area contributed by atoms with E-state index in [0.717, 1.165) is 29.8 Å². The Balaban J connectivity index is 2.03. The Kier molecular flexibility index (Phi) is 5.22. The van der Waals surface area contributed by atoms with Crippen LogP contribution in [0.25, 0.3) is 0 Å². The Morgan fingerprint density at radius 3 is 2.33 bits per heavy atom. The van der Waals surface area contributed by atoms with Crippen molar-refractivity contribution in [1.29, 1.82) is 0 Å². The second-order valence-corrected chi connectivity index (χ2v) is 4.75. The van der Waals surface area contributed by atoms with E-state index in [2.05, 4.69) is 5.32 Å². The average Bonchev–Trinajstić information content (AvgIpc) is 2.49. The summed E-state index contributed by atoms with van der Waals surface area (Å²) in [6.07, 6.45) is 1.43. The van der Waals surface area contributed by atoms with Gasteiger partial charge in [0.25, 0.3) is 0 Å². The lowest BCUT2D eigenvalue weighted by molar-refractivity contribution is 0.288. The molecule has 0 heterocycles. The largest absolute Gasteiger partial charge is 0.396 e. The monoisotopic (exact) mass is 295 g/mol. The molecule has 2 rings (SSSR count). The van der Waals surface area contributed by atoms with Gasteiger partial charge in [-0.3, -0.25) is 0 Å². The Hall–Kier alpha value is -2.01. The molecule has 0 aliphatic heterocycles. The Labute approximate surface area is 121 Å². The highest BCUT2D eigenvalue weighted by atomic mass is 19.2. The van der Waals surface area contributed by atoms with Crippen molar-refractivity contribution in [1.82, 2.24) is 0 Å². The van der Waals surface area contributed by atoms with Crippen LogP contribution in [0, 0.1) is 17.5 Å². The van der Waals surface area contributed by atoms with Crippen molar-refractivity contribution in [3.63, 3.8) is 0 Å². The van der Waals surface area contributed by atoms with Crippen LogP contribution >= 0.6 is 0 Å². The highest BCUT2D eigenvalue weighted by Gasteiger charge is 2.10. The summed E-state index contributed by atoms with van der Waals surface area (Å²) in [5.41, 5.74) is 2.19. The molecule has 0 radical (unpaired) electrons. The van der Waals surface area contributed by atoms with Crippen LogP contribution in [0.4, 0.5) is 18.9 Å². The molecule has 2 aromatic carbocycles. The molecular formula is C16H16F3NO. The molecule has 0 amide bonds. The zero-order valence-corrected chi connectivity index (χ0v) is 11.4. The predicted molar refractivity (Wildman–Crippen MR) is 75.5 cm³/mol. The summed E-state index contributed by atoms with van der Waals surface area (Å²) in [6.45, 7) is 0.323. The molecule has 0 aromatic heterocycles. The number of halogens is 3. The van der Waals surface area contributed by atoms with Gasteiger partial charge in [0.05, 0.1) is 0 Å². The van der Waals surface area contributed by atoms with Gasteiger partial charge in [-0.25, -0.2) is 13.2 Å². The number of hydrogen-bond acceptors (Lipinski definition) is 2. The van der Waals surface area contributed by atoms with E-state index in [1.807, 2.05) is 24.3 Å². The summed E-state index contributed by atoms with van der Waals surface area (Å²) in [7, 11) is 0. The van der Waals surface area contributed by atoms with Crippen molar-refractivity contribution >= 4 is 5.69 Å². The van der Waals surface area contributed by atoms with Crippen molar-refractivity contribution in [2.24, 2.45) is 0 Å². The molecule has 0 atom stereocenters. The molecule has 2 aromatic rings. The van der Waals surface area contributed by atoms with E-state index in [4.69, 9.17) is 5.11 Å². The van der Waals surface area contributed by atoms with E-state index in [1.165, 1.54) is 0 Å². The van der Waals surface area contributed by atoms with E-state index in [1.54, 1.807) is 0 Å². The third kappa shape index (κ3) is 4.23. The van der Waals surface area contributed by atoms with Gasteiger partial charge in [0.15, 0.2) is 17.5 Å². The normalized spacial score (nSPS) is 10.7. The minimum absolute atomic E-state index is 0.131. The minimum atomic E-state index is -1.45. The summed E-state index contributed by atoms with van der Waals surface area (Å²) in [6, 6.07) is 9.49. The third-order valence-corrected chi connectivity index (χ3v) is 3.09. The molecule has 112 valence electrons. The number of nitrogens with one attached hydrogen (secondary N) is 1. The van der Waals surface area contributed by atoms with Gasteiger partial charge in [-0.2, -0.15) is 0 Å². The van der Waals surface area contributed by atoms with E-state index in [0.29, 0.717) is 12.0 Å². The fourth-order valence-electron chi connectivity index (χ4n) is 2.03. The molecule has 0 saturated carbocycles. The standard InChI is InChI=1S/C16H16F3NO/c17-14-8-12(9-15(18)16(14)19)10-20-13-5-1-3-11(7-13)4-2-6-21/h1,3,5,7-9,20-21H,2,4,6,10H2. The molecule has 0 saturated heterocycles. The van der Waals surface area contributed by atoms with Crippen LogP contribution in [-0.2, 0) is 13.0 Å². The molecule has 0 fully saturated rings. The molecule has 2 nitrogen and oxygen atoms in total. The summed E-state index contributed by atoms with van der Waals surface area (Å²) in [5, 5.41) is 11.8. The Morgan fingerprint density at radius 1 is 0.952 bits per heavy atom. The number of rotatable bonds is 6. The molecule has 0 aliphatic rings. The minimum Gasteiger partial charge on any atom is -0.396 e. The van der Waals surface area contributed by atoms with Crippen LogP contribution in [0.5, 0.6) is 0 Å². The molecule has 0 unspecified atom stereocenters. The zero-order valence-electron chi connectivity index (χ0n) is 11.4. The second-order valence-electron chi connectivity index (χ2n) is 4.75. The van der Waals surface area contributed by atoms with Gasteiger partial charge < -0.3 is 10.4 Å². The van der Waals surface area contributed by atoms with Gasteiger partial charge in [0.2, 0.25) is 0 Å². The molecule has 21 heavy (non-hydrogen) atoms. The number of aliphatic hydroxyl groups excluding tert-OH is 1. The first-order chi connectivity index (χ1) is 10.1. The molecule has 0 spiro atoms. The van der Waals surface area contributed by atoms with Crippen LogP contribution in [0.3, 0.4) is 0 Å². The van der Waals surface area contributed by atoms with Crippen molar-refractivity contribution in [2.45, 2.75) is 19.4 Å². The quantitative estimate of drug-likeness (QED) is 0.797. The maximum absolute atomic E-state index is 13.1. The van der Waals surface area contributed by atoms with Gasteiger partial charge in [-0.05, 0) is 48.2 Å². The maximum Gasteiger partial charge on any atom is 0.194 e. The zero-order chi connectivity index (χ0) is 15.2. The third-order valence-electron chi connectivity index (χ3n) is 3.09. The van der Waals surface area contributed by atoms with Crippen LogP contribution in [0.1, 0.15) is 17.5 Å². The summed E-state index contributed by atoms with van der Waals surface area (Å²) in [5.74, 6) is -3.84. The topological polar surface area (TPSA) is 32.3 Å². The highest BCUT2D eigenvalue weighted by Crippen LogP contribution is 2.16. The van der Waals surface area contributed by atoms with Gasteiger partial charge in [-0.1, -0.05) is 12.1 Å². The Morgan fingerprint density at radius 2 is 1.67 bits per heavy atom. The first-order valence-corrected chi connectivity index (χ1v) is 6.67. The lowest BCUT2D eigenvalue weighted by atomic mass is 10.1. The lowest BCUT2D eigenvalue weighted by Gasteiger charge is -2.09. The fraction of sp³-hybridized carbons (Fsp3) is 0.250. The van der Waals surface area contributed by atoms with E-state index >= 15 is 0 Å². The van der Waals surface area contributed by atoms with Gasteiger partial charge >= 0.3 is 0 Å². The van der Waals surface area contributed by atoms with E-state index in [9.17, 15) is 13.2 Å². The number of aliphatic hydroxyl groups is 1. The van der Waals surface area contributed by atoms with Crippen LogP contribution in [0.2, 0.25) is 0 Å². The van der Waals surface area contributed by atoms with Crippen molar-refractivity contribution < 1.29 is 18.3 Å². The lowest BCUT2D eigenvalue weighted by Crippen LogP contribution is -2.03. The first-order valence-electron chi connectivity index (χ1n) is 6.67. The molecular weight excluding hydrogens is 279 g/mol. The maximum atomic E-state index is 13.1. The average molecular weight is 295 g/mol. The van der Waals surface area contributed by atoms with Crippen LogP contribution in [-0.4, -0.2) is 11.7 Å². The number of benzene rings is 2. The smallest absolute Gasteiger partial charge is 0.194 e. The molecule has 2 N–H and O–H groups in total. The van der Waals surface area contributed by atoms with Crippen molar-refractivity contribution in [3.8, 4) is 0 Å². The SMILES string of the molecule is OCCCc1cccc(NCc2cc(F)c(F)c(F)c2)c1. The Bertz CT molecular complexity index is 593. The molecule has 5 heteroatoms. The summed E-state index contributed by atoms with van der Waals surface area (Å²) >= 11 is 0. The molecule has 0 bridgehead atoms. The highest BCUT2D eigenvalue weighted by molar-refractivity contribution is 5.46. The molecule has 0 aliphatic carbocycles. The number of hydrogen-bond donors (Lipinski definition) is 2. The second kappa shape index (κ2) is 7.13. The fourth-order valence-corrected chi connectivity index (χ4v) is 2.03. The summed E-state index contributed by atoms with van der Waals surface area (Å²) < 4.78 is 39.1. The van der Waals surface area contributed by atoms with Crippen molar-refractivity contribution in [3.05, 3.63) is 65.0 Å². The van der Waals surface area contributed by atoms with Crippen LogP contribution < -0.4 is 5.32 Å². The van der Waals surface area contributed by atoms with E-state index in [-0.39, 0.29) is 13.2 Å². The van der Waals surface area contributed by atoms with Crippen LogP contribution in [0.15, 0.2) is 36.4 Å². The van der Waals surface area contributed by atoms with Gasteiger partial charge in [-0.15, -0.1) is 0 Å². The van der Waals surface area contributed by atoms with Crippen molar-refractivity contribution in [2.75, 3.05) is 11.9 Å². The van der Waals surface area contributed by atoms with Gasteiger partial charge in [0.1, 0.15) is 0 Å². The summed E-state index contributed by atoms with van der Waals surface area (Å²) in [4.78, 5) is 0. The predicted octanol–water partition coefficient (Wildman–Crippen LogP) is 3.64.